The van der Waals surface area contributed by atoms with Crippen molar-refractivity contribution in [3.05, 3.63) is 72.3 Å². The van der Waals surface area contributed by atoms with E-state index < -0.39 is 0 Å². The first-order chi connectivity index (χ1) is 13.7. The number of thioether (sulfide) groups is 1. The number of Topliss-reactive ketones (excluding diaryl/α,β-unsaturated/α-hetero) is 1. The quantitative estimate of drug-likeness (QED) is 0.317. The lowest BCUT2D eigenvalue weighted by Crippen LogP contribution is -2.02. The van der Waals surface area contributed by atoms with Crippen molar-refractivity contribution >= 4 is 28.3 Å². The SMILES string of the molecule is CCOc1ccc(-c2nnc(SCC(=O)c3ccc4ccccc4c3)o2)cc1. The van der Waals surface area contributed by atoms with E-state index >= 15 is 0 Å². The summed E-state index contributed by atoms with van der Waals surface area (Å²) in [5.74, 6) is 1.48. The molecule has 0 bridgehead atoms. The van der Waals surface area contributed by atoms with Crippen molar-refractivity contribution in [3.8, 4) is 17.2 Å². The molecule has 0 aliphatic carbocycles. The van der Waals surface area contributed by atoms with Gasteiger partial charge in [-0.25, -0.2) is 0 Å². The Bertz CT molecular complexity index is 1110. The molecule has 140 valence electrons. The second kappa shape index (κ2) is 8.27. The van der Waals surface area contributed by atoms with Crippen molar-refractivity contribution in [2.24, 2.45) is 0 Å². The number of hydrogen-bond donors (Lipinski definition) is 0. The molecule has 0 saturated heterocycles. The Balaban J connectivity index is 1.41. The lowest BCUT2D eigenvalue weighted by Gasteiger charge is -2.02. The summed E-state index contributed by atoms with van der Waals surface area (Å²) in [5.41, 5.74) is 1.49. The number of hydrogen-bond acceptors (Lipinski definition) is 6. The highest BCUT2D eigenvalue weighted by molar-refractivity contribution is 7.99. The molecule has 0 atom stereocenters. The van der Waals surface area contributed by atoms with Crippen LogP contribution in [0, 0.1) is 0 Å². The number of ether oxygens (including phenoxy) is 1. The molecule has 0 N–H and O–H groups in total. The molecular formula is C22H18N2O3S. The Morgan fingerprint density at radius 1 is 1.00 bits per heavy atom. The maximum atomic E-state index is 12.5. The first-order valence-corrected chi connectivity index (χ1v) is 9.93. The van der Waals surface area contributed by atoms with Crippen LogP contribution in [0.2, 0.25) is 0 Å². The summed E-state index contributed by atoms with van der Waals surface area (Å²) in [6.45, 7) is 2.56. The molecule has 3 aromatic carbocycles. The largest absolute Gasteiger partial charge is 0.494 e. The van der Waals surface area contributed by atoms with Crippen molar-refractivity contribution in [2.45, 2.75) is 12.1 Å². The van der Waals surface area contributed by atoms with Crippen LogP contribution < -0.4 is 4.74 Å². The van der Waals surface area contributed by atoms with E-state index in [0.29, 0.717) is 23.3 Å². The number of nitrogens with zero attached hydrogens (tertiary/aromatic N) is 2. The summed E-state index contributed by atoms with van der Waals surface area (Å²) < 4.78 is 11.1. The maximum Gasteiger partial charge on any atom is 0.277 e. The fourth-order valence-electron chi connectivity index (χ4n) is 2.82. The average molecular weight is 390 g/mol. The van der Waals surface area contributed by atoms with E-state index in [2.05, 4.69) is 10.2 Å². The van der Waals surface area contributed by atoms with Gasteiger partial charge in [-0.1, -0.05) is 48.2 Å². The third-order valence-electron chi connectivity index (χ3n) is 4.22. The lowest BCUT2D eigenvalue weighted by atomic mass is 10.1. The van der Waals surface area contributed by atoms with Gasteiger partial charge in [0.2, 0.25) is 5.89 Å². The van der Waals surface area contributed by atoms with Gasteiger partial charge in [-0.3, -0.25) is 4.79 Å². The van der Waals surface area contributed by atoms with Gasteiger partial charge in [0.15, 0.2) is 5.78 Å². The van der Waals surface area contributed by atoms with Crippen molar-refractivity contribution in [3.63, 3.8) is 0 Å². The van der Waals surface area contributed by atoms with Gasteiger partial charge in [-0.15, -0.1) is 10.2 Å². The molecule has 1 heterocycles. The second-order valence-electron chi connectivity index (χ2n) is 6.10. The summed E-state index contributed by atoms with van der Waals surface area (Å²) in [7, 11) is 0. The fourth-order valence-corrected chi connectivity index (χ4v) is 3.48. The van der Waals surface area contributed by atoms with Gasteiger partial charge in [0, 0.05) is 11.1 Å². The zero-order chi connectivity index (χ0) is 19.3. The Hall–Kier alpha value is -3.12. The van der Waals surface area contributed by atoms with Crippen molar-refractivity contribution in [2.75, 3.05) is 12.4 Å². The molecule has 0 amide bonds. The molecule has 4 rings (SSSR count). The van der Waals surface area contributed by atoms with Crippen LogP contribution in [0.1, 0.15) is 17.3 Å². The average Bonchev–Trinajstić information content (AvgIpc) is 3.21. The number of carbonyl (C=O) groups is 1. The van der Waals surface area contributed by atoms with E-state index in [1.807, 2.05) is 73.7 Å². The van der Waals surface area contributed by atoms with Crippen LogP contribution in [0.4, 0.5) is 0 Å². The summed E-state index contributed by atoms with van der Waals surface area (Å²) >= 11 is 1.24. The van der Waals surface area contributed by atoms with E-state index in [1.165, 1.54) is 11.8 Å². The Labute approximate surface area is 166 Å². The van der Waals surface area contributed by atoms with E-state index in [1.54, 1.807) is 0 Å². The molecule has 28 heavy (non-hydrogen) atoms. The van der Waals surface area contributed by atoms with Gasteiger partial charge in [-0.05, 0) is 48.0 Å². The van der Waals surface area contributed by atoms with E-state index in [4.69, 9.17) is 9.15 Å². The summed E-state index contributed by atoms with van der Waals surface area (Å²) in [6, 6.07) is 21.2. The summed E-state index contributed by atoms with van der Waals surface area (Å²) in [5, 5.41) is 10.6. The van der Waals surface area contributed by atoms with Crippen LogP contribution in [-0.2, 0) is 0 Å². The van der Waals surface area contributed by atoms with E-state index in [0.717, 1.165) is 22.1 Å². The number of carbonyl (C=O) groups excluding carboxylic acids is 1. The fraction of sp³-hybridized carbons (Fsp3) is 0.136. The molecular weight excluding hydrogens is 372 g/mol. The van der Waals surface area contributed by atoms with E-state index in [9.17, 15) is 4.79 Å². The van der Waals surface area contributed by atoms with Crippen LogP contribution in [0.3, 0.4) is 0 Å². The standard InChI is InChI=1S/C22H18N2O3S/c1-2-26-19-11-9-16(10-12-19)21-23-24-22(27-21)28-14-20(25)18-8-7-15-5-3-4-6-17(15)13-18/h3-13H,2,14H2,1H3. The molecule has 0 aliphatic rings. The minimum atomic E-state index is 0.0246. The smallest absolute Gasteiger partial charge is 0.277 e. The Morgan fingerprint density at radius 2 is 1.79 bits per heavy atom. The monoisotopic (exact) mass is 390 g/mol. The summed E-state index contributed by atoms with van der Waals surface area (Å²) in [6.07, 6.45) is 0. The highest BCUT2D eigenvalue weighted by Gasteiger charge is 2.13. The lowest BCUT2D eigenvalue weighted by molar-refractivity contribution is 0.102. The molecule has 0 radical (unpaired) electrons. The third-order valence-corrected chi connectivity index (χ3v) is 5.04. The van der Waals surface area contributed by atoms with Crippen molar-refractivity contribution < 1.29 is 13.9 Å². The van der Waals surface area contributed by atoms with Crippen molar-refractivity contribution in [1.82, 2.24) is 10.2 Å². The molecule has 6 heteroatoms. The predicted octanol–water partition coefficient (Wildman–Crippen LogP) is 5.26. The van der Waals surface area contributed by atoms with Gasteiger partial charge in [0.05, 0.1) is 12.4 Å². The molecule has 0 fully saturated rings. The molecule has 5 nitrogen and oxygen atoms in total. The minimum Gasteiger partial charge on any atom is -0.494 e. The molecule has 4 aromatic rings. The van der Waals surface area contributed by atoms with Crippen LogP contribution in [0.15, 0.2) is 76.4 Å². The van der Waals surface area contributed by atoms with Crippen LogP contribution in [0.25, 0.3) is 22.2 Å². The number of aromatic nitrogens is 2. The Morgan fingerprint density at radius 3 is 2.57 bits per heavy atom. The van der Waals surface area contributed by atoms with Crippen LogP contribution in [0.5, 0.6) is 5.75 Å². The number of ketones is 1. The second-order valence-corrected chi connectivity index (χ2v) is 7.03. The maximum absolute atomic E-state index is 12.5. The minimum absolute atomic E-state index is 0.0246. The molecule has 0 unspecified atom stereocenters. The van der Waals surface area contributed by atoms with Crippen LogP contribution >= 0.6 is 11.8 Å². The van der Waals surface area contributed by atoms with Gasteiger partial charge in [0.1, 0.15) is 5.75 Å². The number of rotatable bonds is 7. The molecule has 0 saturated carbocycles. The highest BCUT2D eigenvalue weighted by Crippen LogP contribution is 2.26. The number of fused-ring (bicyclic) bond motifs is 1. The first-order valence-electron chi connectivity index (χ1n) is 8.94. The zero-order valence-electron chi connectivity index (χ0n) is 15.3. The molecule has 1 aromatic heterocycles. The Kier molecular flexibility index (Phi) is 5.39. The zero-order valence-corrected chi connectivity index (χ0v) is 16.1. The normalized spacial score (nSPS) is 10.9. The van der Waals surface area contributed by atoms with Crippen LogP contribution in [-0.4, -0.2) is 28.3 Å². The van der Waals surface area contributed by atoms with Gasteiger partial charge in [0.25, 0.3) is 5.22 Å². The molecule has 0 aliphatic heterocycles. The van der Waals surface area contributed by atoms with E-state index in [-0.39, 0.29) is 11.5 Å². The van der Waals surface area contributed by atoms with Crippen molar-refractivity contribution in [1.29, 1.82) is 0 Å². The highest BCUT2D eigenvalue weighted by atomic mass is 32.2. The number of benzene rings is 3. The summed E-state index contributed by atoms with van der Waals surface area (Å²) in [4.78, 5) is 12.5. The third kappa shape index (κ3) is 4.07. The predicted molar refractivity (Wildman–Crippen MR) is 110 cm³/mol. The topological polar surface area (TPSA) is 65.2 Å². The van der Waals surface area contributed by atoms with Gasteiger partial charge < -0.3 is 9.15 Å². The van der Waals surface area contributed by atoms with Gasteiger partial charge in [-0.2, -0.15) is 0 Å². The van der Waals surface area contributed by atoms with Gasteiger partial charge >= 0.3 is 0 Å². The first kappa shape index (κ1) is 18.3. The molecule has 0 spiro atoms.